The predicted octanol–water partition coefficient (Wildman–Crippen LogP) is 4.06. The van der Waals surface area contributed by atoms with Gasteiger partial charge in [-0.2, -0.15) is 0 Å². The topological polar surface area (TPSA) is 3.24 Å². The van der Waals surface area contributed by atoms with Crippen LogP contribution in [0.25, 0.3) is 0 Å². The zero-order chi connectivity index (χ0) is 10.4. The third-order valence-electron chi connectivity index (χ3n) is 2.82. The molecule has 15 heavy (non-hydrogen) atoms. The zero-order valence-electron chi connectivity index (χ0n) is 9.94. The second kappa shape index (κ2) is 7.89. The average Bonchev–Trinajstić information content (AvgIpc) is 2.27. The maximum absolute atomic E-state index is 2.51. The Labute approximate surface area is 104 Å². The molecule has 0 fully saturated rings. The van der Waals surface area contributed by atoms with Crippen molar-refractivity contribution in [1.82, 2.24) is 4.90 Å². The molecular weight excluding hydrogens is 250 g/mol. The van der Waals surface area contributed by atoms with E-state index in [1.165, 1.54) is 12.0 Å². The van der Waals surface area contributed by atoms with Gasteiger partial charge in [0.2, 0.25) is 0 Å². The largest absolute Gasteiger partial charge is 0.297 e. The van der Waals surface area contributed by atoms with Gasteiger partial charge in [0.05, 0.1) is 0 Å². The lowest BCUT2D eigenvalue weighted by atomic mass is 10.0. The summed E-state index contributed by atoms with van der Waals surface area (Å²) in [5, 5.41) is 0. The van der Waals surface area contributed by atoms with Gasteiger partial charge in [0.25, 0.3) is 0 Å². The minimum atomic E-state index is 0. The molecule has 1 rings (SSSR count). The summed E-state index contributed by atoms with van der Waals surface area (Å²) in [6, 6.07) is 11.4. The van der Waals surface area contributed by atoms with Crippen molar-refractivity contribution in [3.63, 3.8) is 0 Å². The van der Waals surface area contributed by atoms with Crippen LogP contribution >= 0.6 is 17.0 Å². The van der Waals surface area contributed by atoms with Gasteiger partial charge in [0, 0.05) is 6.04 Å². The van der Waals surface area contributed by atoms with Crippen molar-refractivity contribution >= 4 is 17.0 Å². The van der Waals surface area contributed by atoms with Crippen molar-refractivity contribution in [2.75, 3.05) is 13.1 Å². The summed E-state index contributed by atoms with van der Waals surface area (Å²) in [4.78, 5) is 2.51. The molecule has 0 saturated heterocycles. The van der Waals surface area contributed by atoms with Crippen molar-refractivity contribution in [3.8, 4) is 0 Å². The lowest BCUT2D eigenvalue weighted by molar-refractivity contribution is 0.213. The molecule has 1 nitrogen and oxygen atoms in total. The van der Waals surface area contributed by atoms with Crippen LogP contribution in [0.3, 0.4) is 0 Å². The van der Waals surface area contributed by atoms with E-state index in [2.05, 4.69) is 56.0 Å². The van der Waals surface area contributed by atoms with Crippen molar-refractivity contribution in [2.45, 2.75) is 33.2 Å². The maximum Gasteiger partial charge on any atom is 0.0345 e. The van der Waals surface area contributed by atoms with Crippen LogP contribution in [0.4, 0.5) is 0 Å². The third kappa shape index (κ3) is 3.96. The first kappa shape index (κ1) is 14.7. The Morgan fingerprint density at radius 1 is 1.00 bits per heavy atom. The minimum Gasteiger partial charge on any atom is -0.297 e. The molecule has 1 aromatic carbocycles. The van der Waals surface area contributed by atoms with Gasteiger partial charge in [-0.05, 0) is 25.1 Å². The van der Waals surface area contributed by atoms with Gasteiger partial charge in [0.1, 0.15) is 0 Å². The summed E-state index contributed by atoms with van der Waals surface area (Å²) >= 11 is 0. The molecule has 0 bridgehead atoms. The molecule has 0 aliphatic carbocycles. The molecule has 0 heterocycles. The molecule has 0 N–H and O–H groups in total. The van der Waals surface area contributed by atoms with Gasteiger partial charge in [-0.15, -0.1) is 17.0 Å². The van der Waals surface area contributed by atoms with Crippen LogP contribution in [0.15, 0.2) is 30.3 Å². The molecule has 1 atom stereocenters. The van der Waals surface area contributed by atoms with Crippen LogP contribution in [0.5, 0.6) is 0 Å². The second-order valence-corrected chi connectivity index (χ2v) is 3.56. The Hall–Kier alpha value is -0.340. The second-order valence-electron chi connectivity index (χ2n) is 3.56. The molecular formula is C13H22BrN. The minimum absolute atomic E-state index is 0. The van der Waals surface area contributed by atoms with Crippen molar-refractivity contribution in [1.29, 1.82) is 0 Å². The van der Waals surface area contributed by atoms with Crippen molar-refractivity contribution in [2.24, 2.45) is 0 Å². The molecule has 0 saturated carbocycles. The number of rotatable bonds is 5. The maximum atomic E-state index is 2.51. The molecule has 0 amide bonds. The highest BCUT2D eigenvalue weighted by Crippen LogP contribution is 2.22. The quantitative estimate of drug-likeness (QED) is 0.781. The van der Waals surface area contributed by atoms with Crippen LogP contribution in [0.1, 0.15) is 38.8 Å². The lowest BCUT2D eigenvalue weighted by Gasteiger charge is -2.29. The van der Waals surface area contributed by atoms with Crippen LogP contribution < -0.4 is 0 Å². The summed E-state index contributed by atoms with van der Waals surface area (Å²) in [6.07, 6.45) is 1.19. The van der Waals surface area contributed by atoms with Gasteiger partial charge in [0.15, 0.2) is 0 Å². The number of hydrogen-bond donors (Lipinski definition) is 0. The molecule has 86 valence electrons. The Kier molecular flexibility index (Phi) is 7.71. The summed E-state index contributed by atoms with van der Waals surface area (Å²) in [6.45, 7) is 8.98. The smallest absolute Gasteiger partial charge is 0.0345 e. The first-order valence-electron chi connectivity index (χ1n) is 5.62. The molecule has 1 unspecified atom stereocenters. The standard InChI is InChI=1S/C13H21N.BrH/c1-4-13(14(5-2)6-3)12-10-8-7-9-11-12;/h7-11,13H,4-6H2,1-3H3;1H. The van der Waals surface area contributed by atoms with Gasteiger partial charge in [-0.25, -0.2) is 0 Å². The van der Waals surface area contributed by atoms with E-state index in [9.17, 15) is 0 Å². The molecule has 0 spiro atoms. The summed E-state index contributed by atoms with van der Waals surface area (Å²) in [7, 11) is 0. The molecule has 2 heteroatoms. The summed E-state index contributed by atoms with van der Waals surface area (Å²) < 4.78 is 0. The van der Waals surface area contributed by atoms with Crippen LogP contribution in [-0.2, 0) is 0 Å². The van der Waals surface area contributed by atoms with Crippen LogP contribution in [0.2, 0.25) is 0 Å². The zero-order valence-corrected chi connectivity index (χ0v) is 11.7. The SMILES string of the molecule is Br.CCC(c1ccccc1)N(CC)CC. The monoisotopic (exact) mass is 271 g/mol. The predicted molar refractivity (Wildman–Crippen MR) is 72.7 cm³/mol. The van der Waals surface area contributed by atoms with Gasteiger partial charge < -0.3 is 0 Å². The highest BCUT2D eigenvalue weighted by atomic mass is 79.9. The Balaban J connectivity index is 0.00000196. The third-order valence-corrected chi connectivity index (χ3v) is 2.82. The van der Waals surface area contributed by atoms with E-state index in [1.807, 2.05) is 0 Å². The first-order chi connectivity index (χ1) is 6.83. The Bertz CT molecular complexity index is 244. The van der Waals surface area contributed by atoms with Gasteiger partial charge in [-0.3, -0.25) is 4.90 Å². The Morgan fingerprint density at radius 2 is 1.53 bits per heavy atom. The fraction of sp³-hybridized carbons (Fsp3) is 0.538. The van der Waals surface area contributed by atoms with E-state index < -0.39 is 0 Å². The summed E-state index contributed by atoms with van der Waals surface area (Å²) in [5.74, 6) is 0. The lowest BCUT2D eigenvalue weighted by Crippen LogP contribution is -2.27. The fourth-order valence-corrected chi connectivity index (χ4v) is 2.04. The molecule has 0 aliphatic rings. The number of benzene rings is 1. The van der Waals surface area contributed by atoms with E-state index in [0.29, 0.717) is 6.04 Å². The van der Waals surface area contributed by atoms with Gasteiger partial charge >= 0.3 is 0 Å². The van der Waals surface area contributed by atoms with E-state index >= 15 is 0 Å². The molecule has 0 aliphatic heterocycles. The van der Waals surface area contributed by atoms with E-state index in [4.69, 9.17) is 0 Å². The highest BCUT2D eigenvalue weighted by Gasteiger charge is 2.14. The van der Waals surface area contributed by atoms with E-state index in [0.717, 1.165) is 13.1 Å². The molecule has 0 radical (unpaired) electrons. The highest BCUT2D eigenvalue weighted by molar-refractivity contribution is 8.93. The van der Waals surface area contributed by atoms with Crippen LogP contribution in [-0.4, -0.2) is 18.0 Å². The molecule has 1 aromatic rings. The molecule has 0 aromatic heterocycles. The van der Waals surface area contributed by atoms with Crippen molar-refractivity contribution in [3.05, 3.63) is 35.9 Å². The summed E-state index contributed by atoms with van der Waals surface area (Å²) in [5.41, 5.74) is 1.44. The first-order valence-corrected chi connectivity index (χ1v) is 5.62. The normalized spacial score (nSPS) is 12.3. The van der Waals surface area contributed by atoms with Crippen LogP contribution in [0, 0.1) is 0 Å². The average molecular weight is 272 g/mol. The number of halogens is 1. The number of hydrogen-bond acceptors (Lipinski definition) is 1. The van der Waals surface area contributed by atoms with E-state index in [-0.39, 0.29) is 17.0 Å². The fourth-order valence-electron chi connectivity index (χ4n) is 2.04. The van der Waals surface area contributed by atoms with Gasteiger partial charge in [-0.1, -0.05) is 51.1 Å². The number of nitrogens with zero attached hydrogens (tertiary/aromatic N) is 1. The Morgan fingerprint density at radius 3 is 1.93 bits per heavy atom. The van der Waals surface area contributed by atoms with Crippen molar-refractivity contribution < 1.29 is 0 Å². The van der Waals surface area contributed by atoms with E-state index in [1.54, 1.807) is 0 Å².